The molecule has 0 rings (SSSR count). The summed E-state index contributed by atoms with van der Waals surface area (Å²) in [4.78, 5) is 37.5. The van der Waals surface area contributed by atoms with Crippen molar-refractivity contribution >= 4 is 19.8 Å². The third-order valence-corrected chi connectivity index (χ3v) is 9.75. The van der Waals surface area contributed by atoms with E-state index in [0.717, 1.165) is 51.4 Å². The van der Waals surface area contributed by atoms with Crippen LogP contribution in [0, 0.1) is 0 Å². The van der Waals surface area contributed by atoms with Gasteiger partial charge in [-0.25, -0.2) is 0 Å². The lowest BCUT2D eigenvalue weighted by Gasteiger charge is -2.28. The lowest BCUT2D eigenvalue weighted by Crippen LogP contribution is -2.37. The van der Waals surface area contributed by atoms with Crippen molar-refractivity contribution < 1.29 is 47.2 Å². The predicted octanol–water partition coefficient (Wildman–Crippen LogP) is 10.6. The second-order valence-electron chi connectivity index (χ2n) is 15.5. The minimum absolute atomic E-state index is 0.0539. The molecule has 0 aliphatic heterocycles. The Bertz CT molecular complexity index is 1220. The number of phosphoric ester groups is 1. The van der Waals surface area contributed by atoms with Crippen LogP contribution in [0.5, 0.6) is 0 Å². The highest BCUT2D eigenvalue weighted by molar-refractivity contribution is 7.45. The number of nitrogens with zero attached hydrogens (tertiary/aromatic N) is 1. The van der Waals surface area contributed by atoms with Gasteiger partial charge < -0.3 is 33.0 Å². The first-order valence-corrected chi connectivity index (χ1v) is 23.2. The molecule has 0 aliphatic rings. The summed E-state index contributed by atoms with van der Waals surface area (Å²) in [5.74, 6) is -0.943. The van der Waals surface area contributed by atoms with Gasteiger partial charge in [-0.05, 0) is 70.6 Å². The van der Waals surface area contributed by atoms with E-state index < -0.39 is 38.6 Å². The molecule has 2 unspecified atom stereocenters. The Hall–Kier alpha value is -2.59. The van der Waals surface area contributed by atoms with E-state index in [0.29, 0.717) is 36.7 Å². The topological polar surface area (TPSA) is 131 Å². The van der Waals surface area contributed by atoms with Crippen molar-refractivity contribution in [3.8, 4) is 0 Å². The van der Waals surface area contributed by atoms with Gasteiger partial charge in [-0.2, -0.15) is 0 Å². The van der Waals surface area contributed by atoms with Gasteiger partial charge in [0, 0.05) is 12.8 Å². The molecule has 0 saturated carbocycles. The molecule has 0 aromatic heterocycles. The van der Waals surface area contributed by atoms with E-state index in [1.807, 2.05) is 76.7 Å². The van der Waals surface area contributed by atoms with Gasteiger partial charge in [0.2, 0.25) is 0 Å². The Morgan fingerprint density at radius 2 is 1.23 bits per heavy atom. The third-order valence-electron chi connectivity index (χ3n) is 8.79. The third kappa shape index (κ3) is 41.4. The monoisotopic (exact) mass is 822 g/mol. The van der Waals surface area contributed by atoms with Gasteiger partial charge in [-0.3, -0.25) is 14.2 Å². The second kappa shape index (κ2) is 37.7. The molecule has 0 heterocycles. The molecular formula is C46H80NO9P. The van der Waals surface area contributed by atoms with Crippen molar-refractivity contribution in [1.29, 1.82) is 0 Å². The molecule has 0 aliphatic carbocycles. The Morgan fingerprint density at radius 3 is 1.89 bits per heavy atom. The van der Waals surface area contributed by atoms with E-state index in [1.165, 1.54) is 44.9 Å². The van der Waals surface area contributed by atoms with E-state index in [9.17, 15) is 24.2 Å². The number of unbranched alkanes of at least 4 members (excludes halogenated alkanes) is 12. The van der Waals surface area contributed by atoms with Crippen LogP contribution in [-0.2, 0) is 32.7 Å². The SMILES string of the molecule is CC/C=C\C(O)C/C=C/C=C\C/C=C\C/C=C\CCCC(=O)O[C@H](COC(=O)CCCCCCC/C=C\CCCCCCCC)COP(=O)([O-])OCC[N+](C)(C)C. The highest BCUT2D eigenvalue weighted by Crippen LogP contribution is 2.38. The number of esters is 2. The van der Waals surface area contributed by atoms with Crippen molar-refractivity contribution in [1.82, 2.24) is 0 Å². The number of quaternary nitrogens is 1. The molecule has 0 spiro atoms. The van der Waals surface area contributed by atoms with E-state index in [4.69, 9.17) is 18.5 Å². The summed E-state index contributed by atoms with van der Waals surface area (Å²) in [6.45, 7) is 3.87. The summed E-state index contributed by atoms with van der Waals surface area (Å²) >= 11 is 0. The number of ether oxygens (including phenoxy) is 2. The predicted molar refractivity (Wildman–Crippen MR) is 232 cm³/mol. The van der Waals surface area contributed by atoms with E-state index in [2.05, 4.69) is 31.2 Å². The van der Waals surface area contributed by atoms with Crippen molar-refractivity contribution in [2.24, 2.45) is 0 Å². The van der Waals surface area contributed by atoms with Crippen LogP contribution in [0.25, 0.3) is 0 Å². The maximum atomic E-state index is 12.6. The number of carbonyl (C=O) groups excluding carboxylic acids is 2. The number of allylic oxidation sites excluding steroid dienone is 10. The molecule has 3 atom stereocenters. The number of likely N-dealkylation sites (N-methyl/N-ethyl adjacent to an activating group) is 1. The largest absolute Gasteiger partial charge is 0.756 e. The minimum Gasteiger partial charge on any atom is -0.756 e. The molecular weight excluding hydrogens is 741 g/mol. The van der Waals surface area contributed by atoms with Crippen LogP contribution in [0.3, 0.4) is 0 Å². The first-order valence-electron chi connectivity index (χ1n) is 21.8. The van der Waals surface area contributed by atoms with Crippen molar-refractivity contribution in [2.75, 3.05) is 47.5 Å². The molecule has 0 fully saturated rings. The fraction of sp³-hybridized carbons (Fsp3) is 0.696. The standard InChI is InChI=1S/C46H80NO9P/c1-6-8-10-11-12-13-14-15-16-17-21-24-27-30-33-37-45(49)53-41-44(42-55-57(51,52)54-40-39-47(3,4)5)56-46(50)38-34-31-28-25-22-19-18-20-23-26-29-32-36-43(48)35-9-7-2/h9,15-16,18-19,23,25-26,28-29,32,35,43-44,48H,6-8,10-14,17,20-22,24,27,30-31,33-34,36-42H2,1-5H3/b16-15-,19-18-,26-23-,28-25-,32-29+,35-9-/t43?,44-/m1/s1. The lowest BCUT2D eigenvalue weighted by atomic mass is 10.1. The zero-order valence-electron chi connectivity index (χ0n) is 36.4. The van der Waals surface area contributed by atoms with Gasteiger partial charge in [-0.15, -0.1) is 0 Å². The number of hydrogen-bond acceptors (Lipinski definition) is 9. The average molecular weight is 822 g/mol. The molecule has 10 nitrogen and oxygen atoms in total. The molecule has 328 valence electrons. The molecule has 11 heteroatoms. The van der Waals surface area contributed by atoms with Gasteiger partial charge in [0.25, 0.3) is 7.82 Å². The molecule has 1 N–H and O–H groups in total. The summed E-state index contributed by atoms with van der Waals surface area (Å²) < 4.78 is 33.8. The molecule has 0 aromatic rings. The van der Waals surface area contributed by atoms with E-state index in [-0.39, 0.29) is 26.1 Å². The van der Waals surface area contributed by atoms with Crippen molar-refractivity contribution in [2.45, 2.75) is 161 Å². The first-order chi connectivity index (χ1) is 27.4. The highest BCUT2D eigenvalue weighted by atomic mass is 31.2. The number of carbonyl (C=O) groups is 2. The summed E-state index contributed by atoms with van der Waals surface area (Å²) in [6, 6.07) is 0. The maximum absolute atomic E-state index is 12.6. The van der Waals surface area contributed by atoms with Crippen LogP contribution in [0.15, 0.2) is 72.9 Å². The van der Waals surface area contributed by atoms with Crippen LogP contribution in [0.1, 0.15) is 149 Å². The number of aliphatic hydroxyl groups excluding tert-OH is 1. The Morgan fingerprint density at radius 1 is 0.667 bits per heavy atom. The molecule has 0 saturated heterocycles. The Balaban J connectivity index is 4.53. The van der Waals surface area contributed by atoms with Crippen LogP contribution >= 0.6 is 7.82 Å². The van der Waals surface area contributed by atoms with Gasteiger partial charge in [0.15, 0.2) is 6.10 Å². The van der Waals surface area contributed by atoms with Crippen LogP contribution < -0.4 is 4.89 Å². The number of hydrogen-bond donors (Lipinski definition) is 1. The quantitative estimate of drug-likeness (QED) is 0.0161. The molecule has 0 radical (unpaired) electrons. The molecule has 0 aromatic carbocycles. The molecule has 0 bridgehead atoms. The lowest BCUT2D eigenvalue weighted by molar-refractivity contribution is -0.870. The normalized spacial score (nSPS) is 14.9. The molecule has 57 heavy (non-hydrogen) atoms. The Labute approximate surface area is 347 Å². The number of rotatable bonds is 38. The van der Waals surface area contributed by atoms with Gasteiger partial charge in [-0.1, -0.05) is 138 Å². The summed E-state index contributed by atoms with van der Waals surface area (Å²) in [7, 11) is 1.09. The van der Waals surface area contributed by atoms with Gasteiger partial charge >= 0.3 is 11.9 Å². The Kier molecular flexibility index (Phi) is 36.0. The second-order valence-corrected chi connectivity index (χ2v) is 16.9. The zero-order chi connectivity index (χ0) is 42.3. The average Bonchev–Trinajstić information content (AvgIpc) is 3.16. The first kappa shape index (κ1) is 54.4. The molecule has 0 amide bonds. The maximum Gasteiger partial charge on any atom is 0.306 e. The summed E-state index contributed by atoms with van der Waals surface area (Å²) in [5, 5.41) is 9.77. The zero-order valence-corrected chi connectivity index (χ0v) is 37.3. The van der Waals surface area contributed by atoms with E-state index >= 15 is 0 Å². The minimum atomic E-state index is -4.65. The van der Waals surface area contributed by atoms with Gasteiger partial charge in [0.05, 0.1) is 33.9 Å². The summed E-state index contributed by atoms with van der Waals surface area (Å²) in [5.41, 5.74) is 0. The van der Waals surface area contributed by atoms with Crippen molar-refractivity contribution in [3.05, 3.63) is 72.9 Å². The van der Waals surface area contributed by atoms with E-state index in [1.54, 1.807) is 0 Å². The van der Waals surface area contributed by atoms with Crippen molar-refractivity contribution in [3.63, 3.8) is 0 Å². The number of aliphatic hydroxyl groups is 1. The van der Waals surface area contributed by atoms with Crippen LogP contribution in [-0.4, -0.2) is 81.2 Å². The fourth-order valence-electron chi connectivity index (χ4n) is 5.35. The van der Waals surface area contributed by atoms with Crippen LogP contribution in [0.2, 0.25) is 0 Å². The fourth-order valence-corrected chi connectivity index (χ4v) is 6.08. The van der Waals surface area contributed by atoms with Crippen LogP contribution in [0.4, 0.5) is 0 Å². The highest BCUT2D eigenvalue weighted by Gasteiger charge is 2.21. The number of phosphoric acid groups is 1. The summed E-state index contributed by atoms with van der Waals surface area (Å²) in [6.07, 6.45) is 42.8. The smallest absolute Gasteiger partial charge is 0.306 e. The van der Waals surface area contributed by atoms with Gasteiger partial charge in [0.1, 0.15) is 19.8 Å².